The summed E-state index contributed by atoms with van der Waals surface area (Å²) in [5.74, 6) is -0.0215. The lowest BCUT2D eigenvalue weighted by Gasteiger charge is -2.39. The molecular formula is C20H19N5O3. The number of fused-ring (bicyclic) bond motifs is 1. The number of carbonyl (C=O) groups excluding carboxylic acids is 2. The molecule has 8 nitrogen and oxygen atoms in total. The van der Waals surface area contributed by atoms with Gasteiger partial charge in [0, 0.05) is 49.2 Å². The number of carbonyl (C=O) groups is 2. The SMILES string of the molecule is O=C(c1cc(=O)[nH]c2ccccc12)N1CC(n2cc(N3CCCC3=O)cn2)C1. The number of aromatic amines is 1. The largest absolute Gasteiger partial charge is 0.334 e. The molecule has 0 saturated carbocycles. The maximum absolute atomic E-state index is 12.9. The Hall–Kier alpha value is -3.42. The van der Waals surface area contributed by atoms with Crippen molar-refractivity contribution in [2.75, 3.05) is 24.5 Å². The van der Waals surface area contributed by atoms with Crippen molar-refractivity contribution in [1.29, 1.82) is 0 Å². The highest BCUT2D eigenvalue weighted by molar-refractivity contribution is 6.06. The van der Waals surface area contributed by atoms with E-state index in [0.717, 1.165) is 24.0 Å². The summed E-state index contributed by atoms with van der Waals surface area (Å²) in [6, 6.07) is 8.74. The molecule has 2 fully saturated rings. The lowest BCUT2D eigenvalue weighted by molar-refractivity contribution is -0.117. The molecule has 8 heteroatoms. The molecule has 1 N–H and O–H groups in total. The average Bonchev–Trinajstić information content (AvgIpc) is 3.28. The van der Waals surface area contributed by atoms with E-state index in [2.05, 4.69) is 10.1 Å². The normalized spacial score (nSPS) is 17.4. The molecule has 0 aliphatic carbocycles. The van der Waals surface area contributed by atoms with Crippen molar-refractivity contribution in [2.45, 2.75) is 18.9 Å². The molecule has 0 bridgehead atoms. The van der Waals surface area contributed by atoms with Crippen molar-refractivity contribution in [3.8, 4) is 0 Å². The van der Waals surface area contributed by atoms with Crippen LogP contribution in [0.3, 0.4) is 0 Å². The van der Waals surface area contributed by atoms with Gasteiger partial charge in [-0.15, -0.1) is 0 Å². The highest BCUT2D eigenvalue weighted by Gasteiger charge is 2.34. The maximum Gasteiger partial charge on any atom is 0.254 e. The van der Waals surface area contributed by atoms with Gasteiger partial charge in [-0.2, -0.15) is 5.10 Å². The van der Waals surface area contributed by atoms with E-state index in [9.17, 15) is 14.4 Å². The minimum absolute atomic E-state index is 0.0728. The molecule has 0 radical (unpaired) electrons. The molecule has 3 aromatic rings. The van der Waals surface area contributed by atoms with Gasteiger partial charge in [0.15, 0.2) is 0 Å². The van der Waals surface area contributed by atoms with E-state index in [0.29, 0.717) is 30.6 Å². The van der Waals surface area contributed by atoms with Gasteiger partial charge in [0.1, 0.15) is 0 Å². The van der Waals surface area contributed by atoms with Crippen LogP contribution < -0.4 is 10.5 Å². The second kappa shape index (κ2) is 6.33. The van der Waals surface area contributed by atoms with Crippen LogP contribution in [-0.2, 0) is 4.79 Å². The average molecular weight is 377 g/mol. The Morgan fingerprint density at radius 1 is 1.18 bits per heavy atom. The zero-order valence-electron chi connectivity index (χ0n) is 15.2. The summed E-state index contributed by atoms with van der Waals surface area (Å²) in [6.45, 7) is 1.78. The minimum atomic E-state index is -0.286. The Morgan fingerprint density at radius 3 is 2.79 bits per heavy atom. The second-order valence-electron chi connectivity index (χ2n) is 7.28. The van der Waals surface area contributed by atoms with Crippen LogP contribution in [0.15, 0.2) is 47.5 Å². The highest BCUT2D eigenvalue weighted by atomic mass is 16.2. The number of hydrogen-bond donors (Lipinski definition) is 1. The first-order valence-corrected chi connectivity index (χ1v) is 9.36. The lowest BCUT2D eigenvalue weighted by Crippen LogP contribution is -2.51. The fourth-order valence-electron chi connectivity index (χ4n) is 3.93. The predicted molar refractivity (Wildman–Crippen MR) is 103 cm³/mol. The van der Waals surface area contributed by atoms with Crippen LogP contribution in [0.4, 0.5) is 5.69 Å². The third kappa shape index (κ3) is 2.69. The Bertz CT molecular complexity index is 1140. The van der Waals surface area contributed by atoms with Gasteiger partial charge in [0.25, 0.3) is 5.91 Å². The van der Waals surface area contributed by atoms with Gasteiger partial charge in [-0.05, 0) is 12.5 Å². The fourth-order valence-corrected chi connectivity index (χ4v) is 3.93. The Balaban J connectivity index is 1.32. The number of pyridine rings is 1. The number of aromatic nitrogens is 3. The van der Waals surface area contributed by atoms with Gasteiger partial charge in [-0.25, -0.2) is 0 Å². The van der Waals surface area contributed by atoms with Crippen LogP contribution >= 0.6 is 0 Å². The number of amides is 2. The molecular weight excluding hydrogens is 358 g/mol. The van der Waals surface area contributed by atoms with E-state index < -0.39 is 0 Å². The molecule has 5 rings (SSSR count). The Morgan fingerprint density at radius 2 is 2.00 bits per heavy atom. The molecule has 2 saturated heterocycles. The molecule has 0 unspecified atom stereocenters. The number of nitrogens with zero attached hydrogens (tertiary/aromatic N) is 4. The zero-order chi connectivity index (χ0) is 19.3. The number of hydrogen-bond acceptors (Lipinski definition) is 4. The van der Waals surface area contributed by atoms with Crippen LogP contribution in [0.2, 0.25) is 0 Å². The van der Waals surface area contributed by atoms with Crippen LogP contribution in [0.1, 0.15) is 29.2 Å². The third-order valence-corrected chi connectivity index (χ3v) is 5.48. The summed E-state index contributed by atoms with van der Waals surface area (Å²) >= 11 is 0. The first kappa shape index (κ1) is 16.7. The van der Waals surface area contributed by atoms with Crippen molar-refractivity contribution < 1.29 is 9.59 Å². The van der Waals surface area contributed by atoms with Gasteiger partial charge >= 0.3 is 0 Å². The molecule has 0 atom stereocenters. The third-order valence-electron chi connectivity index (χ3n) is 5.48. The molecule has 2 aromatic heterocycles. The van der Waals surface area contributed by atoms with Gasteiger partial charge in [0.05, 0.1) is 23.5 Å². The lowest BCUT2D eigenvalue weighted by atomic mass is 10.0. The number of para-hydroxylation sites is 1. The van der Waals surface area contributed by atoms with Crippen molar-refractivity contribution in [3.63, 3.8) is 0 Å². The van der Waals surface area contributed by atoms with E-state index >= 15 is 0 Å². The second-order valence-corrected chi connectivity index (χ2v) is 7.28. The first-order valence-electron chi connectivity index (χ1n) is 9.36. The number of benzene rings is 1. The van der Waals surface area contributed by atoms with Crippen LogP contribution in [0.5, 0.6) is 0 Å². The zero-order valence-corrected chi connectivity index (χ0v) is 15.2. The predicted octanol–water partition coefficient (Wildman–Crippen LogP) is 1.55. The molecule has 2 aliphatic rings. The highest BCUT2D eigenvalue weighted by Crippen LogP contribution is 2.27. The summed E-state index contributed by atoms with van der Waals surface area (Å²) in [5, 5.41) is 5.12. The Labute approximate surface area is 160 Å². The van der Waals surface area contributed by atoms with Crippen LogP contribution in [0.25, 0.3) is 10.9 Å². The van der Waals surface area contributed by atoms with Gasteiger partial charge in [-0.1, -0.05) is 18.2 Å². The number of anilines is 1. The number of likely N-dealkylation sites (tertiary alicyclic amines) is 1. The molecule has 4 heterocycles. The number of H-pyrrole nitrogens is 1. The molecule has 28 heavy (non-hydrogen) atoms. The molecule has 2 aliphatic heterocycles. The summed E-state index contributed by atoms with van der Waals surface area (Å²) in [7, 11) is 0. The van der Waals surface area contributed by atoms with E-state index in [1.54, 1.807) is 22.1 Å². The molecule has 0 spiro atoms. The monoisotopic (exact) mass is 377 g/mol. The standard InChI is InChI=1S/C20H19N5O3/c26-18-8-16(15-4-1-2-5-17(15)22-18)20(28)23-10-14(11-23)25-12-13(9-21-25)24-7-3-6-19(24)27/h1-2,4-5,8-9,12,14H,3,6-7,10-11H2,(H,22,26). The van der Waals surface area contributed by atoms with Gasteiger partial charge < -0.3 is 14.8 Å². The van der Waals surface area contributed by atoms with E-state index in [1.807, 2.05) is 29.1 Å². The van der Waals surface area contributed by atoms with Crippen molar-refractivity contribution in [2.24, 2.45) is 0 Å². The quantitative estimate of drug-likeness (QED) is 0.750. The van der Waals surface area contributed by atoms with Crippen molar-refractivity contribution in [3.05, 3.63) is 58.6 Å². The summed E-state index contributed by atoms with van der Waals surface area (Å²) < 4.78 is 1.82. The van der Waals surface area contributed by atoms with Gasteiger partial charge in [0.2, 0.25) is 11.5 Å². The van der Waals surface area contributed by atoms with Crippen LogP contribution in [0, 0.1) is 0 Å². The maximum atomic E-state index is 12.9. The summed E-state index contributed by atoms with van der Waals surface area (Å²) in [6.07, 6.45) is 5.04. The van der Waals surface area contributed by atoms with E-state index in [-0.39, 0.29) is 23.4 Å². The van der Waals surface area contributed by atoms with E-state index in [4.69, 9.17) is 0 Å². The minimum Gasteiger partial charge on any atom is -0.334 e. The summed E-state index contributed by atoms with van der Waals surface area (Å²) in [5.41, 5.74) is 1.60. The molecule has 1 aromatic carbocycles. The van der Waals surface area contributed by atoms with Crippen molar-refractivity contribution in [1.82, 2.24) is 19.7 Å². The van der Waals surface area contributed by atoms with Gasteiger partial charge in [-0.3, -0.25) is 19.1 Å². The Kier molecular flexibility index (Phi) is 3.78. The molecule has 142 valence electrons. The smallest absolute Gasteiger partial charge is 0.254 e. The number of nitrogens with one attached hydrogen (secondary N) is 1. The first-order chi connectivity index (χ1) is 13.6. The van der Waals surface area contributed by atoms with E-state index in [1.165, 1.54) is 6.07 Å². The number of rotatable bonds is 3. The van der Waals surface area contributed by atoms with Crippen molar-refractivity contribution >= 4 is 28.4 Å². The van der Waals surface area contributed by atoms with Crippen LogP contribution in [-0.4, -0.2) is 51.1 Å². The topological polar surface area (TPSA) is 91.3 Å². The summed E-state index contributed by atoms with van der Waals surface area (Å²) in [4.78, 5) is 42.9. The fraction of sp³-hybridized carbons (Fsp3) is 0.300. The molecule has 2 amide bonds.